The average molecular weight is 277 g/mol. The minimum absolute atomic E-state index is 0.0173. The summed E-state index contributed by atoms with van der Waals surface area (Å²) >= 11 is 0. The van der Waals surface area contributed by atoms with Crippen LogP contribution in [0.15, 0.2) is 0 Å². The van der Waals surface area contributed by atoms with E-state index in [1.165, 1.54) is 0 Å². The number of hydrogen-bond acceptors (Lipinski definition) is 3. The largest absolute Gasteiger partial charge is 0.312 e. The van der Waals surface area contributed by atoms with Crippen molar-refractivity contribution in [1.82, 2.24) is 5.32 Å². The van der Waals surface area contributed by atoms with Gasteiger partial charge in [-0.3, -0.25) is 0 Å². The summed E-state index contributed by atoms with van der Waals surface area (Å²) in [5.41, 5.74) is -0.0427. The first kappa shape index (κ1) is 17.9. The second-order valence-electron chi connectivity index (χ2n) is 6.65. The van der Waals surface area contributed by atoms with E-state index in [1.807, 2.05) is 20.8 Å². The second-order valence-corrected chi connectivity index (χ2v) is 9.05. The van der Waals surface area contributed by atoms with Crippen LogP contribution in [0.1, 0.15) is 54.9 Å². The number of nitrogens with one attached hydrogen (secondary N) is 1. The molecule has 3 nitrogen and oxygen atoms in total. The molecule has 0 spiro atoms. The standard InChI is InChI=1S/C14H31NO2S/c1-8-9-15-13(14(5,6)7)10-18(16,17)12(4)11(2)3/h11-13,15H,8-10H2,1-7H3. The third kappa shape index (κ3) is 5.70. The molecular formula is C14H31NO2S. The van der Waals surface area contributed by atoms with Crippen molar-refractivity contribution in [1.29, 1.82) is 0 Å². The fourth-order valence-electron chi connectivity index (χ4n) is 1.73. The zero-order valence-corrected chi connectivity index (χ0v) is 13.9. The van der Waals surface area contributed by atoms with Crippen LogP contribution < -0.4 is 5.32 Å². The van der Waals surface area contributed by atoms with Gasteiger partial charge < -0.3 is 5.32 Å². The average Bonchev–Trinajstić information content (AvgIpc) is 2.21. The molecule has 0 aromatic heterocycles. The van der Waals surface area contributed by atoms with E-state index in [0.29, 0.717) is 0 Å². The maximum atomic E-state index is 12.4. The lowest BCUT2D eigenvalue weighted by molar-refractivity contribution is 0.288. The van der Waals surface area contributed by atoms with Crippen LogP contribution in [0, 0.1) is 11.3 Å². The Balaban J connectivity index is 4.87. The van der Waals surface area contributed by atoms with E-state index in [4.69, 9.17) is 0 Å². The molecule has 2 atom stereocenters. The molecule has 0 heterocycles. The Labute approximate surface area is 114 Å². The summed E-state index contributed by atoms with van der Waals surface area (Å²) in [5, 5.41) is 3.11. The maximum absolute atomic E-state index is 12.4. The predicted molar refractivity (Wildman–Crippen MR) is 79.6 cm³/mol. The SMILES string of the molecule is CCCNC(CS(=O)(=O)C(C)C(C)C)C(C)(C)C. The highest BCUT2D eigenvalue weighted by Crippen LogP contribution is 2.23. The molecule has 0 bridgehead atoms. The van der Waals surface area contributed by atoms with Crippen molar-refractivity contribution in [3.63, 3.8) is 0 Å². The number of hydrogen-bond donors (Lipinski definition) is 1. The van der Waals surface area contributed by atoms with Gasteiger partial charge in [-0.15, -0.1) is 0 Å². The molecule has 110 valence electrons. The molecule has 0 radical (unpaired) electrons. The van der Waals surface area contributed by atoms with Gasteiger partial charge in [0.15, 0.2) is 9.84 Å². The third-order valence-corrected chi connectivity index (χ3v) is 6.07. The van der Waals surface area contributed by atoms with Crippen LogP contribution in [0.25, 0.3) is 0 Å². The van der Waals surface area contributed by atoms with Crippen molar-refractivity contribution >= 4 is 9.84 Å². The molecule has 0 aromatic rings. The Hall–Kier alpha value is -0.0900. The lowest BCUT2D eigenvalue weighted by atomic mass is 9.88. The molecule has 18 heavy (non-hydrogen) atoms. The van der Waals surface area contributed by atoms with Crippen molar-refractivity contribution in [3.8, 4) is 0 Å². The van der Waals surface area contributed by atoms with E-state index in [0.717, 1.165) is 13.0 Å². The molecule has 0 saturated heterocycles. The molecule has 0 aliphatic heterocycles. The van der Waals surface area contributed by atoms with Gasteiger partial charge in [0, 0.05) is 6.04 Å². The Kier molecular flexibility index (Phi) is 6.86. The van der Waals surface area contributed by atoms with Gasteiger partial charge in [0.05, 0.1) is 11.0 Å². The van der Waals surface area contributed by atoms with Crippen molar-refractivity contribution in [2.24, 2.45) is 11.3 Å². The molecule has 0 fully saturated rings. The van der Waals surface area contributed by atoms with E-state index in [9.17, 15) is 8.42 Å². The highest BCUT2D eigenvalue weighted by Gasteiger charge is 2.32. The van der Waals surface area contributed by atoms with E-state index < -0.39 is 9.84 Å². The van der Waals surface area contributed by atoms with E-state index in [2.05, 4.69) is 33.0 Å². The summed E-state index contributed by atoms with van der Waals surface area (Å²) in [7, 11) is -3.03. The molecule has 0 aliphatic rings. The first-order valence-electron chi connectivity index (χ1n) is 6.97. The van der Waals surface area contributed by atoms with Gasteiger partial charge >= 0.3 is 0 Å². The molecular weight excluding hydrogens is 246 g/mol. The smallest absolute Gasteiger partial charge is 0.154 e. The normalized spacial score (nSPS) is 16.9. The maximum Gasteiger partial charge on any atom is 0.154 e. The summed E-state index contributed by atoms with van der Waals surface area (Å²) in [6, 6.07) is 0.0173. The van der Waals surface area contributed by atoms with Crippen LogP contribution in [-0.2, 0) is 9.84 Å². The van der Waals surface area contributed by atoms with Gasteiger partial charge in [-0.05, 0) is 31.2 Å². The minimum atomic E-state index is -3.03. The molecule has 2 unspecified atom stereocenters. The monoisotopic (exact) mass is 277 g/mol. The van der Waals surface area contributed by atoms with E-state index in [1.54, 1.807) is 0 Å². The molecule has 0 aliphatic carbocycles. The van der Waals surface area contributed by atoms with Crippen LogP contribution in [0.2, 0.25) is 0 Å². The van der Waals surface area contributed by atoms with Crippen LogP contribution >= 0.6 is 0 Å². The first-order chi connectivity index (χ1) is 8.02. The van der Waals surface area contributed by atoms with Crippen molar-refractivity contribution in [2.75, 3.05) is 12.3 Å². The van der Waals surface area contributed by atoms with Gasteiger partial charge in [-0.1, -0.05) is 41.5 Å². The molecule has 4 heteroatoms. The molecule has 0 aromatic carbocycles. The molecule has 0 saturated carbocycles. The molecule has 0 rings (SSSR count). The lowest BCUT2D eigenvalue weighted by Gasteiger charge is -2.32. The molecule has 0 amide bonds. The highest BCUT2D eigenvalue weighted by atomic mass is 32.2. The Morgan fingerprint density at radius 3 is 1.94 bits per heavy atom. The van der Waals surface area contributed by atoms with Crippen LogP contribution in [-0.4, -0.2) is 32.0 Å². The number of sulfone groups is 1. The van der Waals surface area contributed by atoms with E-state index in [-0.39, 0.29) is 28.4 Å². The van der Waals surface area contributed by atoms with E-state index >= 15 is 0 Å². The Bertz CT molecular complexity index is 328. The fourth-order valence-corrected chi connectivity index (χ4v) is 3.95. The van der Waals surface area contributed by atoms with Crippen LogP contribution in [0.5, 0.6) is 0 Å². The quantitative estimate of drug-likeness (QED) is 0.778. The van der Waals surface area contributed by atoms with Gasteiger partial charge in [-0.25, -0.2) is 8.42 Å². The van der Waals surface area contributed by atoms with Crippen molar-refractivity contribution in [2.45, 2.75) is 66.2 Å². The summed E-state index contributed by atoms with van der Waals surface area (Å²) in [5.74, 6) is 0.400. The van der Waals surface area contributed by atoms with Crippen LogP contribution in [0.3, 0.4) is 0 Å². The highest BCUT2D eigenvalue weighted by molar-refractivity contribution is 7.92. The second kappa shape index (κ2) is 6.90. The van der Waals surface area contributed by atoms with Crippen LogP contribution in [0.4, 0.5) is 0 Å². The summed E-state index contributed by atoms with van der Waals surface area (Å²) < 4.78 is 24.7. The number of rotatable bonds is 7. The summed E-state index contributed by atoms with van der Waals surface area (Å²) in [6.45, 7) is 15.0. The topological polar surface area (TPSA) is 46.2 Å². The predicted octanol–water partition coefficient (Wildman–Crippen LogP) is 2.86. The zero-order chi connectivity index (χ0) is 14.6. The Morgan fingerprint density at radius 1 is 1.11 bits per heavy atom. The first-order valence-corrected chi connectivity index (χ1v) is 8.68. The van der Waals surface area contributed by atoms with Crippen molar-refractivity contribution < 1.29 is 8.42 Å². The third-order valence-electron chi connectivity index (χ3n) is 3.59. The van der Waals surface area contributed by atoms with Gasteiger partial charge in [0.1, 0.15) is 0 Å². The lowest BCUT2D eigenvalue weighted by Crippen LogP contribution is -2.47. The minimum Gasteiger partial charge on any atom is -0.312 e. The zero-order valence-electron chi connectivity index (χ0n) is 13.1. The fraction of sp³-hybridized carbons (Fsp3) is 1.00. The summed E-state index contributed by atoms with van der Waals surface area (Å²) in [4.78, 5) is 0. The van der Waals surface area contributed by atoms with Gasteiger partial charge in [0.2, 0.25) is 0 Å². The molecule has 1 N–H and O–H groups in total. The Morgan fingerprint density at radius 2 is 1.61 bits per heavy atom. The van der Waals surface area contributed by atoms with Gasteiger partial charge in [0.25, 0.3) is 0 Å². The van der Waals surface area contributed by atoms with Crippen molar-refractivity contribution in [3.05, 3.63) is 0 Å². The van der Waals surface area contributed by atoms with Gasteiger partial charge in [-0.2, -0.15) is 0 Å². The summed E-state index contributed by atoms with van der Waals surface area (Å²) in [6.07, 6.45) is 1.02.